The average molecular weight is 138 g/mol. The minimum atomic E-state index is 0.249. The first-order valence-corrected chi connectivity index (χ1v) is 3.98. The summed E-state index contributed by atoms with van der Waals surface area (Å²) in [5, 5.41) is 8.69. The summed E-state index contributed by atoms with van der Waals surface area (Å²) in [4.78, 5) is 0. The predicted molar refractivity (Wildman–Crippen MR) is 40.1 cm³/mol. The van der Waals surface area contributed by atoms with Gasteiger partial charge in [-0.05, 0) is 25.3 Å². The Bertz CT molecular complexity index is 137. The molecule has 2 nitrogen and oxygen atoms in total. The van der Waals surface area contributed by atoms with E-state index in [1.807, 2.05) is 0 Å². The van der Waals surface area contributed by atoms with Crippen molar-refractivity contribution in [2.75, 3.05) is 6.54 Å². The van der Waals surface area contributed by atoms with Gasteiger partial charge in [-0.3, -0.25) is 0 Å². The monoisotopic (exact) mass is 138 g/mol. The maximum absolute atomic E-state index is 8.69. The van der Waals surface area contributed by atoms with Gasteiger partial charge in [0.1, 0.15) is 0 Å². The van der Waals surface area contributed by atoms with E-state index in [0.29, 0.717) is 12.5 Å². The third-order valence-electron chi connectivity index (χ3n) is 2.38. The quantitative estimate of drug-likeness (QED) is 0.593. The van der Waals surface area contributed by atoms with Crippen molar-refractivity contribution in [1.82, 2.24) is 0 Å². The van der Waals surface area contributed by atoms with Crippen molar-refractivity contribution in [3.63, 3.8) is 0 Å². The van der Waals surface area contributed by atoms with Crippen LogP contribution in [0, 0.1) is 23.2 Å². The van der Waals surface area contributed by atoms with Crippen molar-refractivity contribution in [3.05, 3.63) is 0 Å². The van der Waals surface area contributed by atoms with E-state index in [1.54, 1.807) is 0 Å². The lowest BCUT2D eigenvalue weighted by Gasteiger charge is -2.24. The Morgan fingerprint density at radius 3 is 2.60 bits per heavy atom. The van der Waals surface area contributed by atoms with Crippen LogP contribution < -0.4 is 5.73 Å². The summed E-state index contributed by atoms with van der Waals surface area (Å²) in [6, 6.07) is 2.32. The van der Waals surface area contributed by atoms with Gasteiger partial charge in [-0.15, -0.1) is 0 Å². The van der Waals surface area contributed by atoms with E-state index >= 15 is 0 Å². The molecule has 2 unspecified atom stereocenters. The molecule has 0 aromatic rings. The lowest BCUT2D eigenvalue weighted by molar-refractivity contribution is 0.298. The molecular formula is C8H14N2. The fraction of sp³-hybridized carbons (Fsp3) is 0.875. The van der Waals surface area contributed by atoms with Crippen LogP contribution in [0.5, 0.6) is 0 Å². The topological polar surface area (TPSA) is 49.8 Å². The Morgan fingerprint density at radius 2 is 2.10 bits per heavy atom. The molecule has 0 saturated heterocycles. The van der Waals surface area contributed by atoms with Gasteiger partial charge in [-0.1, -0.05) is 12.8 Å². The van der Waals surface area contributed by atoms with E-state index in [0.717, 1.165) is 12.8 Å². The number of hydrogen-bond acceptors (Lipinski definition) is 2. The normalized spacial score (nSPS) is 33.2. The van der Waals surface area contributed by atoms with Crippen LogP contribution in [0.3, 0.4) is 0 Å². The first kappa shape index (κ1) is 7.56. The highest BCUT2D eigenvalue weighted by Crippen LogP contribution is 2.28. The number of nitriles is 1. The van der Waals surface area contributed by atoms with Gasteiger partial charge < -0.3 is 5.73 Å². The Labute approximate surface area is 62.0 Å². The Kier molecular flexibility index (Phi) is 2.70. The van der Waals surface area contributed by atoms with Gasteiger partial charge in [-0.25, -0.2) is 0 Å². The van der Waals surface area contributed by atoms with E-state index in [-0.39, 0.29) is 5.92 Å². The molecule has 0 aromatic heterocycles. The van der Waals surface area contributed by atoms with E-state index in [9.17, 15) is 0 Å². The molecular weight excluding hydrogens is 124 g/mol. The van der Waals surface area contributed by atoms with Crippen molar-refractivity contribution in [2.24, 2.45) is 17.6 Å². The largest absolute Gasteiger partial charge is 0.330 e. The van der Waals surface area contributed by atoms with Gasteiger partial charge in [0.2, 0.25) is 0 Å². The van der Waals surface area contributed by atoms with E-state index in [1.165, 1.54) is 12.8 Å². The first-order chi connectivity index (χ1) is 4.88. The maximum atomic E-state index is 8.69. The zero-order chi connectivity index (χ0) is 7.40. The molecule has 1 saturated carbocycles. The minimum Gasteiger partial charge on any atom is -0.330 e. The van der Waals surface area contributed by atoms with Gasteiger partial charge in [0.15, 0.2) is 0 Å². The van der Waals surface area contributed by atoms with E-state index < -0.39 is 0 Å². The fourth-order valence-electron chi connectivity index (χ4n) is 1.66. The number of nitrogens with two attached hydrogens (primary N) is 1. The highest BCUT2D eigenvalue weighted by atomic mass is 14.6. The molecule has 0 radical (unpaired) electrons. The molecule has 0 aliphatic heterocycles. The Morgan fingerprint density at radius 1 is 1.40 bits per heavy atom. The SMILES string of the molecule is N#CC1CCCCC1CN. The molecule has 0 heterocycles. The van der Waals surface area contributed by atoms with Crippen LogP contribution in [0.15, 0.2) is 0 Å². The summed E-state index contributed by atoms with van der Waals surface area (Å²) in [6.07, 6.45) is 4.71. The second-order valence-corrected chi connectivity index (χ2v) is 3.02. The molecule has 0 bridgehead atoms. The first-order valence-electron chi connectivity index (χ1n) is 3.98. The van der Waals surface area contributed by atoms with Crippen molar-refractivity contribution < 1.29 is 0 Å². The smallest absolute Gasteiger partial charge is 0.0659 e. The zero-order valence-corrected chi connectivity index (χ0v) is 6.21. The summed E-state index contributed by atoms with van der Waals surface area (Å²) >= 11 is 0. The fourth-order valence-corrected chi connectivity index (χ4v) is 1.66. The molecule has 2 atom stereocenters. The number of nitrogens with zero attached hydrogens (tertiary/aromatic N) is 1. The van der Waals surface area contributed by atoms with Crippen molar-refractivity contribution in [1.29, 1.82) is 5.26 Å². The van der Waals surface area contributed by atoms with Gasteiger partial charge in [0.05, 0.1) is 12.0 Å². The highest BCUT2D eigenvalue weighted by Gasteiger charge is 2.22. The van der Waals surface area contributed by atoms with Crippen LogP contribution in [-0.2, 0) is 0 Å². The third kappa shape index (κ3) is 1.48. The van der Waals surface area contributed by atoms with Crippen LogP contribution in [0.25, 0.3) is 0 Å². The van der Waals surface area contributed by atoms with Crippen LogP contribution in [0.1, 0.15) is 25.7 Å². The Hall–Kier alpha value is -0.550. The molecule has 0 amide bonds. The highest BCUT2D eigenvalue weighted by molar-refractivity contribution is 4.90. The van der Waals surface area contributed by atoms with Gasteiger partial charge in [0.25, 0.3) is 0 Å². The van der Waals surface area contributed by atoms with Gasteiger partial charge >= 0.3 is 0 Å². The van der Waals surface area contributed by atoms with Crippen molar-refractivity contribution >= 4 is 0 Å². The molecule has 2 N–H and O–H groups in total. The van der Waals surface area contributed by atoms with E-state index in [2.05, 4.69) is 6.07 Å². The van der Waals surface area contributed by atoms with Gasteiger partial charge in [0, 0.05) is 0 Å². The molecule has 10 heavy (non-hydrogen) atoms. The van der Waals surface area contributed by atoms with Crippen LogP contribution in [0.2, 0.25) is 0 Å². The molecule has 1 aliphatic rings. The average Bonchev–Trinajstić information content (AvgIpc) is 2.04. The summed E-state index contributed by atoms with van der Waals surface area (Å²) in [6.45, 7) is 0.693. The molecule has 1 aliphatic carbocycles. The third-order valence-corrected chi connectivity index (χ3v) is 2.38. The molecule has 56 valence electrons. The number of rotatable bonds is 1. The summed E-state index contributed by atoms with van der Waals surface area (Å²) in [5.74, 6) is 0.734. The zero-order valence-electron chi connectivity index (χ0n) is 6.21. The summed E-state index contributed by atoms with van der Waals surface area (Å²) in [5.41, 5.74) is 5.52. The Balaban J connectivity index is 2.44. The van der Waals surface area contributed by atoms with Crippen LogP contribution in [-0.4, -0.2) is 6.54 Å². The number of hydrogen-bond donors (Lipinski definition) is 1. The predicted octanol–water partition coefficient (Wildman–Crippen LogP) is 1.28. The maximum Gasteiger partial charge on any atom is 0.0659 e. The standard InChI is InChI=1S/C8H14N2/c9-5-7-3-1-2-4-8(7)6-10/h7-8H,1-5,9H2. The summed E-state index contributed by atoms with van der Waals surface area (Å²) in [7, 11) is 0. The summed E-state index contributed by atoms with van der Waals surface area (Å²) < 4.78 is 0. The van der Waals surface area contributed by atoms with Gasteiger partial charge in [-0.2, -0.15) is 5.26 Å². The van der Waals surface area contributed by atoms with E-state index in [4.69, 9.17) is 11.0 Å². The molecule has 2 heteroatoms. The molecule has 1 rings (SSSR count). The van der Waals surface area contributed by atoms with Crippen molar-refractivity contribution in [2.45, 2.75) is 25.7 Å². The lowest BCUT2D eigenvalue weighted by Crippen LogP contribution is -2.25. The molecule has 1 fully saturated rings. The lowest BCUT2D eigenvalue weighted by atomic mass is 9.80. The minimum absolute atomic E-state index is 0.249. The van der Waals surface area contributed by atoms with Crippen LogP contribution in [0.4, 0.5) is 0 Å². The second kappa shape index (κ2) is 3.58. The van der Waals surface area contributed by atoms with Crippen LogP contribution >= 0.6 is 0 Å². The second-order valence-electron chi connectivity index (χ2n) is 3.02. The van der Waals surface area contributed by atoms with Crippen molar-refractivity contribution in [3.8, 4) is 6.07 Å². The molecule has 0 spiro atoms. The molecule has 0 aromatic carbocycles.